The van der Waals surface area contributed by atoms with Gasteiger partial charge in [0.2, 0.25) is 0 Å². The molecule has 0 saturated carbocycles. The number of rotatable bonds is 5. The van der Waals surface area contributed by atoms with Gasteiger partial charge in [0.1, 0.15) is 0 Å². The van der Waals surface area contributed by atoms with Crippen LogP contribution in [0.25, 0.3) is 0 Å². The van der Waals surface area contributed by atoms with Crippen molar-refractivity contribution >= 4 is 5.78 Å². The lowest BCUT2D eigenvalue weighted by atomic mass is 10.0. The number of ketones is 1. The van der Waals surface area contributed by atoms with Crippen molar-refractivity contribution in [1.82, 2.24) is 0 Å². The smallest absolute Gasteiger partial charge is 0.159 e. The highest BCUT2D eigenvalue weighted by Gasteiger charge is 2.00. The van der Waals surface area contributed by atoms with Gasteiger partial charge in [-0.25, -0.2) is 0 Å². The summed E-state index contributed by atoms with van der Waals surface area (Å²) in [5, 5.41) is 0. The van der Waals surface area contributed by atoms with Gasteiger partial charge >= 0.3 is 0 Å². The lowest BCUT2D eigenvalue weighted by Crippen LogP contribution is -1.94. The minimum Gasteiger partial charge on any atom is -0.295 e. The Morgan fingerprint density at radius 2 is 1.75 bits per heavy atom. The van der Waals surface area contributed by atoms with Crippen LogP contribution in [0.3, 0.4) is 0 Å². The number of hydrogen-bond acceptors (Lipinski definition) is 1. The van der Waals surface area contributed by atoms with E-state index in [1.165, 1.54) is 6.08 Å². The Morgan fingerprint density at radius 3 is 2.08 bits per heavy atom. The van der Waals surface area contributed by atoms with Crippen LogP contribution >= 0.6 is 0 Å². The van der Waals surface area contributed by atoms with Gasteiger partial charge in [0.05, 0.1) is 0 Å². The van der Waals surface area contributed by atoms with E-state index in [1.807, 2.05) is 6.92 Å². The molecule has 1 nitrogen and oxygen atoms in total. The van der Waals surface area contributed by atoms with Gasteiger partial charge in [-0.15, -0.1) is 0 Å². The topological polar surface area (TPSA) is 17.1 Å². The summed E-state index contributed by atoms with van der Waals surface area (Å²) in [5.41, 5.74) is 1.90. The first-order chi connectivity index (χ1) is 5.65. The predicted molar refractivity (Wildman–Crippen MR) is 52.9 cm³/mol. The second kappa shape index (κ2) is 5.30. The Kier molecular flexibility index (Phi) is 4.70. The third-order valence-electron chi connectivity index (χ3n) is 1.65. The predicted octanol–water partition coefficient (Wildman–Crippen LogP) is 2.82. The molecule has 0 heterocycles. The summed E-state index contributed by atoms with van der Waals surface area (Å²) in [7, 11) is 0. The van der Waals surface area contributed by atoms with E-state index >= 15 is 0 Å². The van der Waals surface area contributed by atoms with E-state index in [0.717, 1.165) is 11.1 Å². The van der Waals surface area contributed by atoms with Crippen LogP contribution < -0.4 is 0 Å². The minimum atomic E-state index is 0.00565. The van der Waals surface area contributed by atoms with Gasteiger partial charge in [0.25, 0.3) is 0 Å². The number of carbonyl (C=O) groups is 1. The van der Waals surface area contributed by atoms with Gasteiger partial charge in [-0.3, -0.25) is 4.79 Å². The Labute approximate surface area is 73.8 Å². The number of allylic oxidation sites excluding steroid dienone is 5. The maximum absolute atomic E-state index is 11.0. The summed E-state index contributed by atoms with van der Waals surface area (Å²) in [6, 6.07) is 0. The molecule has 12 heavy (non-hydrogen) atoms. The molecule has 0 amide bonds. The van der Waals surface area contributed by atoms with Gasteiger partial charge in [-0.2, -0.15) is 0 Å². The quantitative estimate of drug-likeness (QED) is 0.448. The summed E-state index contributed by atoms with van der Waals surface area (Å²) >= 11 is 0. The molecule has 0 unspecified atom stereocenters. The molecule has 0 N–H and O–H groups in total. The van der Waals surface area contributed by atoms with E-state index in [9.17, 15) is 4.79 Å². The molecule has 0 atom stereocenters. The van der Waals surface area contributed by atoms with Gasteiger partial charge in [0, 0.05) is 6.42 Å². The molecule has 0 aromatic rings. The molecule has 0 aromatic carbocycles. The molecular formula is C11H14O. The Hall–Kier alpha value is -1.37. The van der Waals surface area contributed by atoms with Gasteiger partial charge < -0.3 is 0 Å². The fraction of sp³-hybridized carbons (Fsp3) is 0.182. The monoisotopic (exact) mass is 162 g/mol. The van der Waals surface area contributed by atoms with Crippen molar-refractivity contribution in [1.29, 1.82) is 0 Å². The van der Waals surface area contributed by atoms with Crippen molar-refractivity contribution in [3.05, 3.63) is 49.1 Å². The van der Waals surface area contributed by atoms with E-state index in [2.05, 4.69) is 19.7 Å². The lowest BCUT2D eigenvalue weighted by Gasteiger charge is -2.01. The third kappa shape index (κ3) is 3.15. The highest BCUT2D eigenvalue weighted by atomic mass is 16.1. The maximum Gasteiger partial charge on any atom is 0.159 e. The molecule has 0 aliphatic rings. The molecule has 1 heteroatoms. The third-order valence-corrected chi connectivity index (χ3v) is 1.65. The average molecular weight is 162 g/mol. The Balaban J connectivity index is 4.58. The zero-order valence-corrected chi connectivity index (χ0v) is 7.47. The maximum atomic E-state index is 11.0. The lowest BCUT2D eigenvalue weighted by molar-refractivity contribution is -0.113. The molecule has 0 saturated heterocycles. The molecular weight excluding hydrogens is 148 g/mol. The normalized spacial score (nSPS) is 11.4. The van der Waals surface area contributed by atoms with Crippen molar-refractivity contribution in [2.24, 2.45) is 0 Å². The van der Waals surface area contributed by atoms with Crippen LogP contribution in [0.5, 0.6) is 0 Å². The van der Waals surface area contributed by atoms with Crippen molar-refractivity contribution in [3.63, 3.8) is 0 Å². The first-order valence-corrected chi connectivity index (χ1v) is 3.75. The molecule has 0 aliphatic heterocycles. The highest BCUT2D eigenvalue weighted by molar-refractivity contribution is 5.91. The highest BCUT2D eigenvalue weighted by Crippen LogP contribution is 2.11. The molecule has 64 valence electrons. The van der Waals surface area contributed by atoms with Crippen molar-refractivity contribution in [3.8, 4) is 0 Å². The average Bonchev–Trinajstić information content (AvgIpc) is 2.12. The van der Waals surface area contributed by atoms with E-state index in [1.54, 1.807) is 12.2 Å². The Morgan fingerprint density at radius 1 is 1.17 bits per heavy atom. The van der Waals surface area contributed by atoms with E-state index in [4.69, 9.17) is 0 Å². The fourth-order valence-corrected chi connectivity index (χ4v) is 0.764. The van der Waals surface area contributed by atoms with Crippen molar-refractivity contribution < 1.29 is 4.79 Å². The van der Waals surface area contributed by atoms with Gasteiger partial charge in [0.15, 0.2) is 5.78 Å². The molecule has 0 radical (unpaired) electrons. The fourth-order valence-electron chi connectivity index (χ4n) is 0.764. The van der Waals surface area contributed by atoms with Crippen LogP contribution in [0, 0.1) is 0 Å². The molecule has 0 spiro atoms. The van der Waals surface area contributed by atoms with Crippen LogP contribution in [0.15, 0.2) is 49.1 Å². The van der Waals surface area contributed by atoms with Crippen LogP contribution in [0.1, 0.15) is 13.3 Å². The van der Waals surface area contributed by atoms with E-state index < -0.39 is 0 Å². The molecule has 0 bridgehead atoms. The minimum absolute atomic E-state index is 0.00565. The summed E-state index contributed by atoms with van der Waals surface area (Å²) < 4.78 is 0. The zero-order valence-electron chi connectivity index (χ0n) is 7.47. The molecule has 0 fully saturated rings. The van der Waals surface area contributed by atoms with Crippen LogP contribution in [0.4, 0.5) is 0 Å². The second-order valence-corrected chi connectivity index (χ2v) is 2.46. The first kappa shape index (κ1) is 10.6. The van der Waals surface area contributed by atoms with Crippen LogP contribution in [-0.4, -0.2) is 5.78 Å². The largest absolute Gasteiger partial charge is 0.295 e. The number of carbonyl (C=O) groups excluding carboxylic acids is 1. The first-order valence-electron chi connectivity index (χ1n) is 3.75. The molecule has 0 aliphatic carbocycles. The number of hydrogen-bond donors (Lipinski definition) is 0. The van der Waals surface area contributed by atoms with Crippen LogP contribution in [-0.2, 0) is 4.79 Å². The summed E-state index contributed by atoms with van der Waals surface area (Å²) in [6.45, 7) is 12.5. The van der Waals surface area contributed by atoms with Crippen molar-refractivity contribution in [2.75, 3.05) is 0 Å². The van der Waals surface area contributed by atoms with Gasteiger partial charge in [-0.1, -0.05) is 31.9 Å². The zero-order chi connectivity index (χ0) is 9.56. The standard InChI is InChI=1S/C11H14O/c1-5-9(4)10(6-2)8-11(12)7-3/h5-7H,1-3,8H2,4H3/b10-9+. The second-order valence-electron chi connectivity index (χ2n) is 2.46. The van der Waals surface area contributed by atoms with E-state index in [0.29, 0.717) is 6.42 Å². The van der Waals surface area contributed by atoms with Gasteiger partial charge in [-0.05, 0) is 24.1 Å². The van der Waals surface area contributed by atoms with Crippen LogP contribution in [0.2, 0.25) is 0 Å². The summed E-state index contributed by atoms with van der Waals surface area (Å²) in [6.07, 6.45) is 5.08. The molecule has 0 aromatic heterocycles. The van der Waals surface area contributed by atoms with E-state index in [-0.39, 0.29) is 5.78 Å². The SMILES string of the molecule is C=CC(=O)C/C(C=C)=C(\C)C=C. The van der Waals surface area contributed by atoms with Crippen molar-refractivity contribution in [2.45, 2.75) is 13.3 Å². The Bertz CT molecular complexity index is 244. The molecule has 0 rings (SSSR count). The summed E-state index contributed by atoms with van der Waals surface area (Å²) in [5.74, 6) is 0.00565. The summed E-state index contributed by atoms with van der Waals surface area (Å²) in [4.78, 5) is 11.0.